The van der Waals surface area contributed by atoms with E-state index < -0.39 is 0 Å². The zero-order chi connectivity index (χ0) is 11.4. The maximum atomic E-state index is 12.2. The lowest BCUT2D eigenvalue weighted by Crippen LogP contribution is -2.41. The van der Waals surface area contributed by atoms with Gasteiger partial charge < -0.3 is 10.2 Å². The molecule has 1 saturated heterocycles. The second-order valence-corrected chi connectivity index (χ2v) is 4.80. The van der Waals surface area contributed by atoms with E-state index >= 15 is 0 Å². The molecule has 1 saturated carbocycles. The molecule has 0 aromatic rings. The van der Waals surface area contributed by atoms with E-state index in [0.717, 1.165) is 38.6 Å². The monoisotopic (exact) mass is 224 g/mol. The van der Waals surface area contributed by atoms with Crippen molar-refractivity contribution in [2.24, 2.45) is 5.92 Å². The molecule has 1 heterocycles. The van der Waals surface area contributed by atoms with Crippen LogP contribution < -0.4 is 5.32 Å². The van der Waals surface area contributed by atoms with Gasteiger partial charge in [0, 0.05) is 19.0 Å². The van der Waals surface area contributed by atoms with E-state index in [1.165, 1.54) is 6.42 Å². The largest absolute Gasteiger partial charge is 0.354 e. The average Bonchev–Trinajstić information content (AvgIpc) is 2.54. The van der Waals surface area contributed by atoms with E-state index in [1.807, 2.05) is 0 Å². The third-order valence-electron chi connectivity index (χ3n) is 3.53. The van der Waals surface area contributed by atoms with Crippen molar-refractivity contribution in [2.75, 3.05) is 19.6 Å². The molecule has 0 aromatic carbocycles. The van der Waals surface area contributed by atoms with Crippen LogP contribution >= 0.6 is 0 Å². The number of amides is 2. The molecule has 0 aromatic heterocycles. The van der Waals surface area contributed by atoms with Crippen LogP contribution in [0.3, 0.4) is 0 Å². The molecule has 4 heteroatoms. The van der Waals surface area contributed by atoms with Gasteiger partial charge in [-0.05, 0) is 19.3 Å². The summed E-state index contributed by atoms with van der Waals surface area (Å²) in [4.78, 5) is 25.3. The van der Waals surface area contributed by atoms with Gasteiger partial charge in [0.2, 0.25) is 11.8 Å². The van der Waals surface area contributed by atoms with Crippen molar-refractivity contribution >= 4 is 11.8 Å². The molecule has 1 aliphatic heterocycles. The standard InChI is InChI=1S/C12H20N2O2/c15-11-9-14(8-4-7-13-11)12(16)10-5-2-1-3-6-10/h10H,1-9H2,(H,13,15). The lowest BCUT2D eigenvalue weighted by atomic mass is 9.88. The first-order valence-electron chi connectivity index (χ1n) is 6.33. The van der Waals surface area contributed by atoms with Gasteiger partial charge in [-0.15, -0.1) is 0 Å². The van der Waals surface area contributed by atoms with Crippen LogP contribution in [0.4, 0.5) is 0 Å². The fourth-order valence-electron chi connectivity index (χ4n) is 2.60. The van der Waals surface area contributed by atoms with Gasteiger partial charge in [0.15, 0.2) is 0 Å². The molecule has 0 bridgehead atoms. The van der Waals surface area contributed by atoms with Crippen LogP contribution in [0.15, 0.2) is 0 Å². The average molecular weight is 224 g/mol. The number of nitrogens with zero attached hydrogens (tertiary/aromatic N) is 1. The van der Waals surface area contributed by atoms with E-state index in [1.54, 1.807) is 4.90 Å². The van der Waals surface area contributed by atoms with Crippen LogP contribution in [-0.4, -0.2) is 36.3 Å². The first-order chi connectivity index (χ1) is 7.77. The highest BCUT2D eigenvalue weighted by Crippen LogP contribution is 2.25. The Bertz CT molecular complexity index is 272. The molecule has 2 amide bonds. The van der Waals surface area contributed by atoms with Gasteiger partial charge in [0.1, 0.15) is 0 Å². The summed E-state index contributed by atoms with van der Waals surface area (Å²) in [6.45, 7) is 1.69. The first kappa shape index (κ1) is 11.4. The Morgan fingerprint density at radius 1 is 1.19 bits per heavy atom. The summed E-state index contributed by atoms with van der Waals surface area (Å²) in [5, 5.41) is 2.80. The number of carbonyl (C=O) groups is 2. The Labute approximate surface area is 96.4 Å². The maximum Gasteiger partial charge on any atom is 0.239 e. The Kier molecular flexibility index (Phi) is 3.80. The zero-order valence-electron chi connectivity index (χ0n) is 9.71. The molecule has 1 aliphatic carbocycles. The minimum Gasteiger partial charge on any atom is -0.354 e. The third-order valence-corrected chi connectivity index (χ3v) is 3.53. The number of rotatable bonds is 1. The van der Waals surface area contributed by atoms with Crippen molar-refractivity contribution in [1.29, 1.82) is 0 Å². The van der Waals surface area contributed by atoms with E-state index in [9.17, 15) is 9.59 Å². The molecule has 2 aliphatic rings. The summed E-state index contributed by atoms with van der Waals surface area (Å²) in [6.07, 6.45) is 6.48. The zero-order valence-corrected chi connectivity index (χ0v) is 9.71. The van der Waals surface area contributed by atoms with Crippen LogP contribution in [0.5, 0.6) is 0 Å². The highest BCUT2D eigenvalue weighted by Gasteiger charge is 2.27. The third kappa shape index (κ3) is 2.74. The smallest absolute Gasteiger partial charge is 0.239 e. The predicted octanol–water partition coefficient (Wildman–Crippen LogP) is 0.915. The minimum absolute atomic E-state index is 0.0124. The van der Waals surface area contributed by atoms with E-state index in [-0.39, 0.29) is 24.3 Å². The summed E-state index contributed by atoms with van der Waals surface area (Å²) in [5.74, 6) is 0.373. The van der Waals surface area contributed by atoms with Gasteiger partial charge >= 0.3 is 0 Å². The van der Waals surface area contributed by atoms with Crippen LogP contribution in [0, 0.1) is 5.92 Å². The molecule has 2 rings (SSSR count). The molecular weight excluding hydrogens is 204 g/mol. The van der Waals surface area contributed by atoms with Gasteiger partial charge in [0.05, 0.1) is 6.54 Å². The number of nitrogens with one attached hydrogen (secondary N) is 1. The fraction of sp³-hybridized carbons (Fsp3) is 0.833. The lowest BCUT2D eigenvalue weighted by molar-refractivity contribution is -0.139. The molecule has 90 valence electrons. The fourth-order valence-corrected chi connectivity index (χ4v) is 2.60. The predicted molar refractivity (Wildman–Crippen MR) is 60.8 cm³/mol. The maximum absolute atomic E-state index is 12.2. The van der Waals surface area contributed by atoms with E-state index in [0.29, 0.717) is 6.54 Å². The van der Waals surface area contributed by atoms with Crippen molar-refractivity contribution in [3.05, 3.63) is 0 Å². The number of hydrogen-bond acceptors (Lipinski definition) is 2. The Balaban J connectivity index is 1.93. The highest BCUT2D eigenvalue weighted by atomic mass is 16.2. The van der Waals surface area contributed by atoms with E-state index in [2.05, 4.69) is 5.32 Å². The molecule has 0 radical (unpaired) electrons. The summed E-state index contributed by atoms with van der Waals surface area (Å²) in [6, 6.07) is 0. The second-order valence-electron chi connectivity index (χ2n) is 4.80. The SMILES string of the molecule is O=C1CN(C(=O)C2CCCCC2)CCCN1. The Morgan fingerprint density at radius 2 is 1.94 bits per heavy atom. The molecule has 0 atom stereocenters. The van der Waals surface area contributed by atoms with Crippen molar-refractivity contribution < 1.29 is 9.59 Å². The lowest BCUT2D eigenvalue weighted by Gasteiger charge is -2.27. The molecule has 1 N–H and O–H groups in total. The Morgan fingerprint density at radius 3 is 2.69 bits per heavy atom. The van der Waals surface area contributed by atoms with Gasteiger partial charge in [-0.1, -0.05) is 19.3 Å². The van der Waals surface area contributed by atoms with Crippen molar-refractivity contribution in [3.8, 4) is 0 Å². The quantitative estimate of drug-likeness (QED) is 0.720. The molecule has 0 unspecified atom stereocenters. The summed E-state index contributed by atoms with van der Waals surface area (Å²) >= 11 is 0. The van der Waals surface area contributed by atoms with Crippen molar-refractivity contribution in [1.82, 2.24) is 10.2 Å². The van der Waals surface area contributed by atoms with Crippen LogP contribution in [0.25, 0.3) is 0 Å². The Hall–Kier alpha value is -1.06. The molecular formula is C12H20N2O2. The van der Waals surface area contributed by atoms with Crippen molar-refractivity contribution in [2.45, 2.75) is 38.5 Å². The van der Waals surface area contributed by atoms with Gasteiger partial charge in [-0.2, -0.15) is 0 Å². The van der Waals surface area contributed by atoms with Gasteiger partial charge in [0.25, 0.3) is 0 Å². The molecule has 0 spiro atoms. The van der Waals surface area contributed by atoms with E-state index in [4.69, 9.17) is 0 Å². The van der Waals surface area contributed by atoms with Crippen molar-refractivity contribution in [3.63, 3.8) is 0 Å². The summed E-state index contributed by atoms with van der Waals surface area (Å²) < 4.78 is 0. The number of hydrogen-bond donors (Lipinski definition) is 1. The summed E-state index contributed by atoms with van der Waals surface area (Å²) in [7, 11) is 0. The second kappa shape index (κ2) is 5.32. The molecule has 2 fully saturated rings. The first-order valence-corrected chi connectivity index (χ1v) is 6.33. The summed E-state index contributed by atoms with van der Waals surface area (Å²) in [5.41, 5.74) is 0. The minimum atomic E-state index is -0.0124. The molecule has 4 nitrogen and oxygen atoms in total. The van der Waals surface area contributed by atoms with Crippen LogP contribution in [-0.2, 0) is 9.59 Å². The molecule has 16 heavy (non-hydrogen) atoms. The highest BCUT2D eigenvalue weighted by molar-refractivity contribution is 5.86. The van der Waals surface area contributed by atoms with Gasteiger partial charge in [-0.3, -0.25) is 9.59 Å². The van der Waals surface area contributed by atoms with Crippen LogP contribution in [0.1, 0.15) is 38.5 Å². The normalized spacial score (nSPS) is 23.8. The van der Waals surface area contributed by atoms with Crippen LogP contribution in [0.2, 0.25) is 0 Å². The number of carbonyl (C=O) groups excluding carboxylic acids is 2. The topological polar surface area (TPSA) is 49.4 Å². The van der Waals surface area contributed by atoms with Gasteiger partial charge in [-0.25, -0.2) is 0 Å².